The molecule has 1 aromatic heterocycles. The Bertz CT molecular complexity index is 422. The summed E-state index contributed by atoms with van der Waals surface area (Å²) < 4.78 is 5.03. The van der Waals surface area contributed by atoms with Crippen molar-refractivity contribution in [3.05, 3.63) is 29.1 Å². The maximum atomic E-state index is 11.3. The van der Waals surface area contributed by atoms with Crippen molar-refractivity contribution in [1.82, 2.24) is 4.98 Å². The van der Waals surface area contributed by atoms with Crippen LogP contribution in [-0.2, 0) is 20.9 Å². The molecule has 18 heavy (non-hydrogen) atoms. The van der Waals surface area contributed by atoms with Gasteiger partial charge in [-0.05, 0) is 38.0 Å². The molecule has 0 saturated carbocycles. The molecular weight excluding hydrogens is 234 g/mol. The highest BCUT2D eigenvalue weighted by Crippen LogP contribution is 2.07. The Morgan fingerprint density at radius 3 is 2.61 bits per heavy atom. The fourth-order valence-electron chi connectivity index (χ4n) is 1.61. The predicted octanol–water partition coefficient (Wildman–Crippen LogP) is 2.00. The topological polar surface area (TPSA) is 76.5 Å². The summed E-state index contributed by atoms with van der Waals surface area (Å²) in [5.41, 5.74) is 2.66. The fraction of sp³-hybridized carbons (Fsp3) is 0.462. The molecule has 0 radical (unpaired) electrons. The maximum Gasteiger partial charge on any atom is 0.306 e. The number of aliphatic carboxylic acids is 1. The number of carbonyl (C=O) groups is 2. The van der Waals surface area contributed by atoms with Crippen molar-refractivity contribution in [2.75, 3.05) is 0 Å². The number of pyridine rings is 1. The Hall–Kier alpha value is -1.91. The standard InChI is InChI=1S/C13H17NO4/c1-9-6-10(2)14-11(7-9)8-18-13(17)5-3-4-12(15)16/h6-7H,3-5,8H2,1-2H3,(H,15,16). The summed E-state index contributed by atoms with van der Waals surface area (Å²) in [5.74, 6) is -1.30. The van der Waals surface area contributed by atoms with Crippen LogP contribution in [0.1, 0.15) is 36.2 Å². The first kappa shape index (κ1) is 14.2. The van der Waals surface area contributed by atoms with Gasteiger partial charge in [-0.3, -0.25) is 14.6 Å². The molecule has 1 aromatic rings. The molecule has 0 bridgehead atoms. The molecule has 5 heteroatoms. The van der Waals surface area contributed by atoms with Gasteiger partial charge in [-0.1, -0.05) is 0 Å². The first-order valence-electron chi connectivity index (χ1n) is 5.79. The van der Waals surface area contributed by atoms with Gasteiger partial charge in [0.15, 0.2) is 0 Å². The number of aromatic nitrogens is 1. The van der Waals surface area contributed by atoms with Crippen LogP contribution >= 0.6 is 0 Å². The summed E-state index contributed by atoms with van der Waals surface area (Å²) in [7, 11) is 0. The number of hydrogen-bond acceptors (Lipinski definition) is 4. The summed E-state index contributed by atoms with van der Waals surface area (Å²) in [5, 5.41) is 8.43. The van der Waals surface area contributed by atoms with Crippen molar-refractivity contribution in [2.24, 2.45) is 0 Å². The predicted molar refractivity (Wildman–Crippen MR) is 65.0 cm³/mol. The van der Waals surface area contributed by atoms with Gasteiger partial charge in [0.2, 0.25) is 0 Å². The molecule has 1 heterocycles. The number of carboxylic acid groups (broad SMARTS) is 1. The number of aryl methyl sites for hydroxylation is 2. The SMILES string of the molecule is Cc1cc(C)nc(COC(=O)CCCC(=O)O)c1. The highest BCUT2D eigenvalue weighted by molar-refractivity contribution is 5.71. The van der Waals surface area contributed by atoms with Gasteiger partial charge in [0, 0.05) is 18.5 Å². The van der Waals surface area contributed by atoms with Crippen LogP contribution in [0.4, 0.5) is 0 Å². The average Bonchev–Trinajstić information content (AvgIpc) is 2.24. The van der Waals surface area contributed by atoms with E-state index in [1.54, 1.807) is 0 Å². The third-order valence-electron chi connectivity index (χ3n) is 2.30. The minimum atomic E-state index is -0.904. The zero-order valence-electron chi connectivity index (χ0n) is 10.6. The molecule has 0 saturated heterocycles. The Kier molecular flexibility index (Phi) is 5.30. The van der Waals surface area contributed by atoms with E-state index in [4.69, 9.17) is 9.84 Å². The van der Waals surface area contributed by atoms with E-state index < -0.39 is 11.9 Å². The van der Waals surface area contributed by atoms with Crippen LogP contribution in [0.3, 0.4) is 0 Å². The van der Waals surface area contributed by atoms with E-state index in [0.717, 1.165) is 11.3 Å². The second kappa shape index (κ2) is 6.74. The lowest BCUT2D eigenvalue weighted by atomic mass is 10.2. The molecule has 98 valence electrons. The first-order valence-corrected chi connectivity index (χ1v) is 5.79. The van der Waals surface area contributed by atoms with Crippen LogP contribution in [-0.4, -0.2) is 22.0 Å². The normalized spacial score (nSPS) is 10.1. The highest BCUT2D eigenvalue weighted by Gasteiger charge is 2.06. The summed E-state index contributed by atoms with van der Waals surface area (Å²) in [6.07, 6.45) is 0.405. The monoisotopic (exact) mass is 251 g/mol. The molecule has 0 aliphatic rings. The van der Waals surface area contributed by atoms with Crippen molar-refractivity contribution >= 4 is 11.9 Å². The van der Waals surface area contributed by atoms with Gasteiger partial charge in [-0.25, -0.2) is 0 Å². The number of rotatable bonds is 6. The summed E-state index contributed by atoms with van der Waals surface area (Å²) in [6.45, 7) is 3.96. The zero-order chi connectivity index (χ0) is 13.5. The molecule has 1 N–H and O–H groups in total. The molecule has 0 spiro atoms. The number of nitrogens with zero attached hydrogens (tertiary/aromatic N) is 1. The number of carboxylic acids is 1. The molecule has 0 atom stereocenters. The van der Waals surface area contributed by atoms with Crippen LogP contribution in [0.2, 0.25) is 0 Å². The smallest absolute Gasteiger partial charge is 0.306 e. The average molecular weight is 251 g/mol. The van der Waals surface area contributed by atoms with E-state index in [-0.39, 0.29) is 19.4 Å². The Morgan fingerprint density at radius 2 is 2.00 bits per heavy atom. The van der Waals surface area contributed by atoms with Crippen molar-refractivity contribution in [2.45, 2.75) is 39.7 Å². The van der Waals surface area contributed by atoms with E-state index in [1.165, 1.54) is 0 Å². The van der Waals surface area contributed by atoms with Gasteiger partial charge in [-0.15, -0.1) is 0 Å². The molecule has 0 unspecified atom stereocenters. The molecule has 0 aromatic carbocycles. The van der Waals surface area contributed by atoms with Crippen LogP contribution in [0, 0.1) is 13.8 Å². The summed E-state index contributed by atoms with van der Waals surface area (Å²) >= 11 is 0. The quantitative estimate of drug-likeness (QED) is 0.782. The Labute approximate surface area is 106 Å². The number of hydrogen-bond donors (Lipinski definition) is 1. The van der Waals surface area contributed by atoms with E-state index in [0.29, 0.717) is 12.1 Å². The van der Waals surface area contributed by atoms with Crippen molar-refractivity contribution in [1.29, 1.82) is 0 Å². The van der Waals surface area contributed by atoms with Crippen LogP contribution < -0.4 is 0 Å². The first-order chi connectivity index (χ1) is 8.47. The van der Waals surface area contributed by atoms with E-state index in [2.05, 4.69) is 4.98 Å². The molecule has 0 fully saturated rings. The molecule has 0 amide bonds. The number of carbonyl (C=O) groups excluding carboxylic acids is 1. The third-order valence-corrected chi connectivity index (χ3v) is 2.30. The van der Waals surface area contributed by atoms with Crippen LogP contribution in [0.15, 0.2) is 12.1 Å². The lowest BCUT2D eigenvalue weighted by Gasteiger charge is -2.05. The molecule has 1 rings (SSSR count). The lowest BCUT2D eigenvalue weighted by Crippen LogP contribution is -2.07. The van der Waals surface area contributed by atoms with E-state index in [9.17, 15) is 9.59 Å². The van der Waals surface area contributed by atoms with Crippen LogP contribution in [0.25, 0.3) is 0 Å². The Balaban J connectivity index is 2.35. The second-order valence-electron chi connectivity index (χ2n) is 4.19. The van der Waals surface area contributed by atoms with Gasteiger partial charge in [0.1, 0.15) is 6.61 Å². The van der Waals surface area contributed by atoms with E-state index in [1.807, 2.05) is 26.0 Å². The van der Waals surface area contributed by atoms with Crippen molar-refractivity contribution in [3.63, 3.8) is 0 Å². The Morgan fingerprint density at radius 1 is 1.28 bits per heavy atom. The van der Waals surface area contributed by atoms with Gasteiger partial charge in [0.25, 0.3) is 0 Å². The molecule has 5 nitrogen and oxygen atoms in total. The van der Waals surface area contributed by atoms with Crippen LogP contribution in [0.5, 0.6) is 0 Å². The molecular formula is C13H17NO4. The minimum Gasteiger partial charge on any atom is -0.481 e. The minimum absolute atomic E-state index is 0.0170. The summed E-state index contributed by atoms with van der Waals surface area (Å²) in [4.78, 5) is 25.8. The fourth-order valence-corrected chi connectivity index (χ4v) is 1.61. The number of esters is 1. The largest absolute Gasteiger partial charge is 0.481 e. The van der Waals surface area contributed by atoms with E-state index >= 15 is 0 Å². The van der Waals surface area contributed by atoms with Crippen molar-refractivity contribution < 1.29 is 19.4 Å². The van der Waals surface area contributed by atoms with Gasteiger partial charge in [0.05, 0.1) is 5.69 Å². The molecule has 0 aliphatic heterocycles. The highest BCUT2D eigenvalue weighted by atomic mass is 16.5. The van der Waals surface area contributed by atoms with Gasteiger partial charge in [-0.2, -0.15) is 0 Å². The van der Waals surface area contributed by atoms with Crippen molar-refractivity contribution in [3.8, 4) is 0 Å². The zero-order valence-corrected chi connectivity index (χ0v) is 10.6. The molecule has 0 aliphatic carbocycles. The second-order valence-corrected chi connectivity index (χ2v) is 4.19. The lowest BCUT2D eigenvalue weighted by molar-refractivity contribution is -0.145. The van der Waals surface area contributed by atoms with Gasteiger partial charge < -0.3 is 9.84 Å². The number of ether oxygens (including phenoxy) is 1. The van der Waals surface area contributed by atoms with Gasteiger partial charge >= 0.3 is 11.9 Å². The third kappa shape index (κ3) is 5.43. The maximum absolute atomic E-state index is 11.3. The summed E-state index contributed by atoms with van der Waals surface area (Å²) in [6, 6.07) is 3.80.